The van der Waals surface area contributed by atoms with E-state index in [-0.39, 0.29) is 29.5 Å². The van der Waals surface area contributed by atoms with Crippen LogP contribution in [-0.4, -0.2) is 12.5 Å². The Morgan fingerprint density at radius 1 is 1.41 bits per heavy atom. The molecule has 1 fully saturated rings. The summed E-state index contributed by atoms with van der Waals surface area (Å²) in [6, 6.07) is 7.31. The largest absolute Gasteiger partial charge is 0.343 e. The maximum absolute atomic E-state index is 12.3. The molecule has 1 amide bonds. The molecule has 0 aromatic heterocycles. The second kappa shape index (κ2) is 8.10. The second-order valence-electron chi connectivity index (χ2n) is 5.54. The highest BCUT2D eigenvalue weighted by Crippen LogP contribution is 2.44. The van der Waals surface area contributed by atoms with Crippen LogP contribution < -0.4 is 5.32 Å². The topological polar surface area (TPSA) is 52.9 Å². The molecule has 1 aliphatic rings. The van der Waals surface area contributed by atoms with Gasteiger partial charge in [-0.15, -0.1) is 0 Å². The van der Waals surface area contributed by atoms with Crippen molar-refractivity contribution in [2.45, 2.75) is 30.9 Å². The molecular weight excluding hydrogens is 339 g/mol. The first-order chi connectivity index (χ1) is 10.5. The van der Waals surface area contributed by atoms with Crippen LogP contribution in [0.3, 0.4) is 0 Å². The SMILES string of the molecule is N#CCNC(=O)[C@H]1CCCC[C@@H]1C(S)c1ccc(Cl)cc1Cl. The lowest BCUT2D eigenvalue weighted by molar-refractivity contribution is -0.127. The van der Waals surface area contributed by atoms with E-state index in [0.717, 1.165) is 31.2 Å². The Hall–Kier alpha value is -0.890. The van der Waals surface area contributed by atoms with Crippen molar-refractivity contribution in [1.82, 2.24) is 5.32 Å². The molecule has 0 aliphatic heterocycles. The molecule has 22 heavy (non-hydrogen) atoms. The van der Waals surface area contributed by atoms with E-state index in [1.807, 2.05) is 12.1 Å². The molecule has 3 atom stereocenters. The van der Waals surface area contributed by atoms with Crippen molar-refractivity contribution in [2.75, 3.05) is 6.54 Å². The monoisotopic (exact) mass is 356 g/mol. The maximum Gasteiger partial charge on any atom is 0.224 e. The molecule has 2 rings (SSSR count). The molecule has 0 radical (unpaired) electrons. The van der Waals surface area contributed by atoms with Crippen LogP contribution in [0.4, 0.5) is 0 Å². The Labute approximate surface area is 146 Å². The minimum Gasteiger partial charge on any atom is -0.343 e. The fourth-order valence-electron chi connectivity index (χ4n) is 3.09. The predicted octanol–water partition coefficient (Wildman–Crippen LogP) is 4.41. The van der Waals surface area contributed by atoms with E-state index < -0.39 is 0 Å². The van der Waals surface area contributed by atoms with Crippen LogP contribution in [0, 0.1) is 23.2 Å². The summed E-state index contributed by atoms with van der Waals surface area (Å²) >= 11 is 17.0. The molecule has 118 valence electrons. The molecule has 1 saturated carbocycles. The van der Waals surface area contributed by atoms with Crippen LogP contribution in [0.15, 0.2) is 18.2 Å². The second-order valence-corrected chi connectivity index (χ2v) is 6.94. The number of benzene rings is 1. The van der Waals surface area contributed by atoms with Gasteiger partial charge in [-0.25, -0.2) is 0 Å². The first kappa shape index (κ1) is 17.5. The molecule has 1 aromatic carbocycles. The summed E-state index contributed by atoms with van der Waals surface area (Å²) in [5.74, 6) is -0.0822. The zero-order valence-electron chi connectivity index (χ0n) is 12.1. The van der Waals surface area contributed by atoms with E-state index >= 15 is 0 Å². The lowest BCUT2D eigenvalue weighted by Crippen LogP contribution is -2.38. The van der Waals surface area contributed by atoms with Crippen LogP contribution in [0.5, 0.6) is 0 Å². The zero-order chi connectivity index (χ0) is 16.1. The third kappa shape index (κ3) is 4.10. The number of nitrogens with one attached hydrogen (secondary N) is 1. The Morgan fingerprint density at radius 2 is 2.14 bits per heavy atom. The molecular formula is C16H18Cl2N2OS. The number of amides is 1. The molecule has 0 heterocycles. The van der Waals surface area contributed by atoms with Gasteiger partial charge in [0.15, 0.2) is 0 Å². The van der Waals surface area contributed by atoms with Crippen molar-refractivity contribution in [1.29, 1.82) is 5.26 Å². The van der Waals surface area contributed by atoms with Crippen LogP contribution in [0.25, 0.3) is 0 Å². The van der Waals surface area contributed by atoms with Gasteiger partial charge >= 0.3 is 0 Å². The van der Waals surface area contributed by atoms with Gasteiger partial charge in [0.2, 0.25) is 5.91 Å². The summed E-state index contributed by atoms with van der Waals surface area (Å²) < 4.78 is 0. The normalized spacial score (nSPS) is 22.6. The third-order valence-electron chi connectivity index (χ3n) is 4.18. The molecule has 1 unspecified atom stereocenters. The van der Waals surface area contributed by atoms with Crippen LogP contribution in [0.2, 0.25) is 10.0 Å². The van der Waals surface area contributed by atoms with E-state index in [2.05, 4.69) is 5.32 Å². The Morgan fingerprint density at radius 3 is 2.82 bits per heavy atom. The average molecular weight is 357 g/mol. The van der Waals surface area contributed by atoms with Crippen molar-refractivity contribution < 1.29 is 4.79 Å². The van der Waals surface area contributed by atoms with Gasteiger partial charge in [-0.2, -0.15) is 17.9 Å². The molecule has 1 aliphatic carbocycles. The van der Waals surface area contributed by atoms with E-state index in [4.69, 9.17) is 41.1 Å². The van der Waals surface area contributed by atoms with Crippen molar-refractivity contribution >= 4 is 41.7 Å². The van der Waals surface area contributed by atoms with Gasteiger partial charge in [0.05, 0.1) is 6.07 Å². The van der Waals surface area contributed by atoms with Crippen molar-refractivity contribution in [3.8, 4) is 6.07 Å². The van der Waals surface area contributed by atoms with E-state index in [9.17, 15) is 4.79 Å². The lowest BCUT2D eigenvalue weighted by Gasteiger charge is -2.34. The number of carbonyl (C=O) groups excluding carboxylic acids is 1. The summed E-state index contributed by atoms with van der Waals surface area (Å²) in [5, 5.41) is 12.3. The smallest absolute Gasteiger partial charge is 0.224 e. The van der Waals surface area contributed by atoms with Gasteiger partial charge < -0.3 is 5.32 Å². The van der Waals surface area contributed by atoms with Gasteiger partial charge in [0, 0.05) is 21.2 Å². The van der Waals surface area contributed by atoms with Crippen LogP contribution >= 0.6 is 35.8 Å². The first-order valence-corrected chi connectivity index (χ1v) is 8.59. The van der Waals surface area contributed by atoms with Crippen molar-refractivity contribution in [3.05, 3.63) is 33.8 Å². The van der Waals surface area contributed by atoms with Gasteiger partial charge in [0.25, 0.3) is 0 Å². The van der Waals surface area contributed by atoms with E-state index in [1.165, 1.54) is 0 Å². The Kier molecular flexibility index (Phi) is 6.43. The number of hydrogen-bond donors (Lipinski definition) is 2. The van der Waals surface area contributed by atoms with E-state index in [1.54, 1.807) is 12.1 Å². The fourth-order valence-corrected chi connectivity index (χ4v) is 4.28. The molecule has 6 heteroatoms. The summed E-state index contributed by atoms with van der Waals surface area (Å²) in [5.41, 5.74) is 0.902. The van der Waals surface area contributed by atoms with Gasteiger partial charge in [0.1, 0.15) is 6.54 Å². The minimum absolute atomic E-state index is 0.0427. The summed E-state index contributed by atoms with van der Waals surface area (Å²) in [7, 11) is 0. The highest BCUT2D eigenvalue weighted by molar-refractivity contribution is 7.80. The van der Waals surface area contributed by atoms with Crippen LogP contribution in [-0.2, 0) is 4.79 Å². The fraction of sp³-hybridized carbons (Fsp3) is 0.500. The molecule has 0 spiro atoms. The highest BCUT2D eigenvalue weighted by Gasteiger charge is 2.35. The molecule has 0 saturated heterocycles. The summed E-state index contributed by atoms with van der Waals surface area (Å²) in [4.78, 5) is 12.3. The van der Waals surface area contributed by atoms with Gasteiger partial charge in [-0.1, -0.05) is 42.1 Å². The quantitative estimate of drug-likeness (QED) is 0.619. The first-order valence-electron chi connectivity index (χ1n) is 7.32. The Bertz CT molecular complexity index is 588. The average Bonchev–Trinajstić information content (AvgIpc) is 2.52. The number of halogens is 2. The van der Waals surface area contributed by atoms with Crippen molar-refractivity contribution in [2.24, 2.45) is 11.8 Å². The van der Waals surface area contributed by atoms with Gasteiger partial charge in [-0.3, -0.25) is 4.79 Å². The third-order valence-corrected chi connectivity index (χ3v) is 5.41. The Balaban J connectivity index is 2.19. The van der Waals surface area contributed by atoms with Crippen LogP contribution in [0.1, 0.15) is 36.5 Å². The standard InChI is InChI=1S/C16H18Cl2N2OS/c17-10-5-6-13(14(18)9-10)15(22)11-3-1-2-4-12(11)16(21)20-8-7-19/h5-6,9,11-12,15,22H,1-4,8H2,(H,20,21)/t11-,12-,15?/m0/s1. The molecule has 3 nitrogen and oxygen atoms in total. The number of nitriles is 1. The summed E-state index contributed by atoms with van der Waals surface area (Å²) in [6.45, 7) is 0.0427. The van der Waals surface area contributed by atoms with Gasteiger partial charge in [-0.05, 0) is 36.5 Å². The molecule has 0 bridgehead atoms. The number of thiol groups is 1. The lowest BCUT2D eigenvalue weighted by atomic mass is 9.75. The van der Waals surface area contributed by atoms with Crippen molar-refractivity contribution in [3.63, 3.8) is 0 Å². The predicted molar refractivity (Wildman–Crippen MR) is 92.3 cm³/mol. The number of carbonyl (C=O) groups is 1. The molecule has 1 aromatic rings. The number of rotatable bonds is 4. The maximum atomic E-state index is 12.3. The van der Waals surface area contributed by atoms with E-state index in [0.29, 0.717) is 10.0 Å². The minimum atomic E-state index is -0.128. The number of hydrogen-bond acceptors (Lipinski definition) is 3. The highest BCUT2D eigenvalue weighted by atomic mass is 35.5. The molecule has 1 N–H and O–H groups in total. The zero-order valence-corrected chi connectivity index (χ0v) is 14.5. The summed E-state index contributed by atoms with van der Waals surface area (Å²) in [6.07, 6.45) is 3.85. The number of nitrogens with zero attached hydrogens (tertiary/aromatic N) is 1.